The number of unbranched alkanes of at least 4 members (excludes halogenated alkanes) is 3. The van der Waals surface area contributed by atoms with E-state index in [1.807, 2.05) is 41.3 Å². The third-order valence-corrected chi connectivity index (χ3v) is 11.4. The first-order valence-corrected chi connectivity index (χ1v) is 19.9. The van der Waals surface area contributed by atoms with Gasteiger partial charge >= 0.3 is 0 Å². The number of imide groups is 2. The lowest BCUT2D eigenvalue weighted by molar-refractivity contribution is -0.136. The SMILES string of the molecule is CN(CC(=O)CCCCCCC(=O)N1CCC(c2ccc3ncc(C(N)=O)c(Nc4ccccc4)c3c2)CC1)c1cccc2c1C(=O)N(C1CCC(=O)NC1=O)C2=O. The van der Waals surface area contributed by atoms with E-state index in [2.05, 4.69) is 27.8 Å². The Kier molecular flexibility index (Phi) is 11.9. The van der Waals surface area contributed by atoms with Crippen LogP contribution in [0, 0.1) is 0 Å². The highest BCUT2D eigenvalue weighted by molar-refractivity contribution is 6.25. The van der Waals surface area contributed by atoms with Crippen molar-refractivity contribution >= 4 is 69.2 Å². The molecule has 3 aromatic carbocycles. The molecule has 0 saturated carbocycles. The molecule has 2 fully saturated rings. The summed E-state index contributed by atoms with van der Waals surface area (Å²) in [5.41, 5.74) is 10.1. The lowest BCUT2D eigenvalue weighted by Crippen LogP contribution is -2.54. The van der Waals surface area contributed by atoms with Crippen molar-refractivity contribution in [3.63, 3.8) is 0 Å². The minimum Gasteiger partial charge on any atom is -0.367 e. The van der Waals surface area contributed by atoms with E-state index in [4.69, 9.17) is 5.73 Å². The van der Waals surface area contributed by atoms with Crippen LogP contribution in [0.15, 0.2) is 72.9 Å². The van der Waals surface area contributed by atoms with Gasteiger partial charge in [-0.05, 0) is 80.0 Å². The van der Waals surface area contributed by atoms with Crippen molar-refractivity contribution in [3.05, 3.63) is 95.2 Å². The molecule has 1 aromatic heterocycles. The average Bonchev–Trinajstić information content (AvgIpc) is 3.47. The van der Waals surface area contributed by atoms with Gasteiger partial charge in [-0.3, -0.25) is 48.8 Å². The van der Waals surface area contributed by atoms with Crippen LogP contribution in [-0.2, 0) is 19.2 Å². The quantitative estimate of drug-likeness (QED) is 0.106. The highest BCUT2D eigenvalue weighted by Crippen LogP contribution is 2.36. The van der Waals surface area contributed by atoms with Crippen molar-refractivity contribution < 1.29 is 33.6 Å². The minimum atomic E-state index is -1.06. The van der Waals surface area contributed by atoms with E-state index in [-0.39, 0.29) is 48.1 Å². The van der Waals surface area contributed by atoms with Crippen LogP contribution in [-0.4, -0.2) is 88.7 Å². The van der Waals surface area contributed by atoms with E-state index >= 15 is 0 Å². The molecular weight excluding hydrogens is 739 g/mol. The summed E-state index contributed by atoms with van der Waals surface area (Å²) < 4.78 is 0. The molecule has 7 rings (SSSR count). The summed E-state index contributed by atoms with van der Waals surface area (Å²) in [6, 6.07) is 19.5. The van der Waals surface area contributed by atoms with Gasteiger partial charge in [0.15, 0.2) is 5.78 Å². The number of hydrogen-bond donors (Lipinski definition) is 3. The molecular formula is C44H47N7O7. The molecule has 4 heterocycles. The Hall–Kier alpha value is -6.44. The van der Waals surface area contributed by atoms with Crippen molar-refractivity contribution in [2.45, 2.75) is 76.2 Å². The number of nitrogens with two attached hydrogens (primary N) is 1. The van der Waals surface area contributed by atoms with Crippen LogP contribution in [0.25, 0.3) is 10.9 Å². The zero-order valence-electron chi connectivity index (χ0n) is 32.5. The molecule has 58 heavy (non-hydrogen) atoms. The van der Waals surface area contributed by atoms with Crippen molar-refractivity contribution in [3.8, 4) is 0 Å². The third-order valence-electron chi connectivity index (χ3n) is 11.4. The molecule has 0 bridgehead atoms. The van der Waals surface area contributed by atoms with Crippen molar-refractivity contribution in [1.29, 1.82) is 0 Å². The predicted molar refractivity (Wildman–Crippen MR) is 218 cm³/mol. The maximum atomic E-state index is 13.4. The summed E-state index contributed by atoms with van der Waals surface area (Å²) in [6.07, 6.45) is 7.08. The van der Waals surface area contributed by atoms with E-state index in [9.17, 15) is 33.6 Å². The highest BCUT2D eigenvalue weighted by Gasteiger charge is 2.46. The predicted octanol–water partition coefficient (Wildman–Crippen LogP) is 5.23. The second-order valence-electron chi connectivity index (χ2n) is 15.3. The van der Waals surface area contributed by atoms with Crippen LogP contribution < -0.4 is 21.3 Å². The standard InChI is InChI=1S/C44H47N7O7/c1-49(35-14-9-13-31-39(35)44(58)51(43(31)57)36-18-19-37(53)48-42(36)56)26-30(52)12-7-2-3-8-15-38(54)50-22-20-27(21-23-50)28-16-17-34-32(24-28)40(33(25-46-34)41(45)55)47-29-10-5-4-6-11-29/h4-6,9-11,13-14,16-17,24-25,27,36H,2-3,7-8,12,15,18-23,26H2,1H3,(H2,45,55)(H,46,47)(H,48,53,56). The molecule has 4 N–H and O–H groups in total. The number of rotatable bonds is 15. The number of aromatic nitrogens is 1. The Balaban J connectivity index is 0.844. The van der Waals surface area contributed by atoms with Gasteiger partial charge in [-0.1, -0.05) is 43.2 Å². The van der Waals surface area contributed by atoms with Crippen molar-refractivity contribution in [1.82, 2.24) is 20.1 Å². The van der Waals surface area contributed by atoms with E-state index in [1.165, 1.54) is 12.3 Å². The maximum absolute atomic E-state index is 13.4. The molecule has 2 saturated heterocycles. The lowest BCUT2D eigenvalue weighted by atomic mass is 9.88. The molecule has 3 aliphatic heterocycles. The number of carbonyl (C=O) groups is 7. The number of carbonyl (C=O) groups excluding carboxylic acids is 7. The fourth-order valence-electron chi connectivity index (χ4n) is 8.27. The van der Waals surface area contributed by atoms with Gasteiger partial charge in [-0.25, -0.2) is 0 Å². The number of pyridine rings is 1. The summed E-state index contributed by atoms with van der Waals surface area (Å²) in [4.78, 5) is 98.1. The average molecular weight is 786 g/mol. The number of ketones is 1. The smallest absolute Gasteiger partial charge is 0.264 e. The molecule has 3 aliphatic rings. The van der Waals surface area contributed by atoms with Crippen LogP contribution in [0.2, 0.25) is 0 Å². The molecule has 0 radical (unpaired) electrons. The molecule has 1 unspecified atom stereocenters. The normalized spacial score (nSPS) is 17.0. The third kappa shape index (κ3) is 8.46. The van der Waals surface area contributed by atoms with Crippen molar-refractivity contribution in [2.24, 2.45) is 5.73 Å². The van der Waals surface area contributed by atoms with Crippen LogP contribution in [0.4, 0.5) is 17.1 Å². The second kappa shape index (κ2) is 17.4. The molecule has 4 aromatic rings. The van der Waals surface area contributed by atoms with Gasteiger partial charge in [-0.2, -0.15) is 0 Å². The fraction of sp³-hybridized carbons (Fsp3) is 0.364. The van der Waals surface area contributed by atoms with Gasteiger partial charge in [0.05, 0.1) is 40.1 Å². The summed E-state index contributed by atoms with van der Waals surface area (Å²) in [5.74, 6) is -2.50. The number of fused-ring (bicyclic) bond motifs is 2. The number of hydrogen-bond acceptors (Lipinski definition) is 10. The number of amides is 6. The van der Waals surface area contributed by atoms with Crippen LogP contribution in [0.3, 0.4) is 0 Å². The molecule has 6 amide bonds. The summed E-state index contributed by atoms with van der Waals surface area (Å²) in [6.45, 7) is 1.37. The number of Topliss-reactive ketones (excluding diaryl/α,β-unsaturated/α-hetero) is 1. The zero-order chi connectivity index (χ0) is 40.9. The van der Waals surface area contributed by atoms with Crippen LogP contribution in [0.5, 0.6) is 0 Å². The maximum Gasteiger partial charge on any atom is 0.264 e. The number of likely N-dealkylation sites (tertiary alicyclic amines) is 1. The van der Waals surface area contributed by atoms with E-state index in [0.29, 0.717) is 49.3 Å². The summed E-state index contributed by atoms with van der Waals surface area (Å²) in [7, 11) is 1.69. The summed E-state index contributed by atoms with van der Waals surface area (Å²) in [5, 5.41) is 6.39. The first-order chi connectivity index (χ1) is 28.0. The zero-order valence-corrected chi connectivity index (χ0v) is 32.5. The van der Waals surface area contributed by atoms with Gasteiger partial charge in [0, 0.05) is 56.7 Å². The minimum absolute atomic E-state index is 0.0162. The molecule has 0 spiro atoms. The largest absolute Gasteiger partial charge is 0.367 e. The molecule has 300 valence electrons. The van der Waals surface area contributed by atoms with Gasteiger partial charge in [0.1, 0.15) is 6.04 Å². The number of piperidine rings is 2. The molecule has 14 heteroatoms. The number of nitrogens with one attached hydrogen (secondary N) is 2. The van der Waals surface area contributed by atoms with E-state index in [1.54, 1.807) is 24.1 Å². The molecule has 0 aliphatic carbocycles. The Morgan fingerprint density at radius 1 is 0.879 bits per heavy atom. The Bertz CT molecular complexity index is 2290. The number of benzene rings is 3. The number of anilines is 3. The number of nitrogens with zero attached hydrogens (tertiary/aromatic N) is 4. The van der Waals surface area contributed by atoms with Crippen LogP contribution >= 0.6 is 0 Å². The molecule has 14 nitrogen and oxygen atoms in total. The number of primary amides is 1. The lowest BCUT2D eigenvalue weighted by Gasteiger charge is -2.32. The first kappa shape index (κ1) is 39.8. The monoisotopic (exact) mass is 785 g/mol. The van der Waals surface area contributed by atoms with E-state index < -0.39 is 35.6 Å². The summed E-state index contributed by atoms with van der Waals surface area (Å²) >= 11 is 0. The fourth-order valence-corrected chi connectivity index (χ4v) is 8.27. The number of para-hydroxylation sites is 1. The first-order valence-electron chi connectivity index (χ1n) is 19.9. The van der Waals surface area contributed by atoms with E-state index in [0.717, 1.165) is 59.2 Å². The van der Waals surface area contributed by atoms with Gasteiger partial charge in [0.25, 0.3) is 17.7 Å². The highest BCUT2D eigenvalue weighted by atomic mass is 16.2. The Labute approximate surface area is 336 Å². The van der Waals surface area contributed by atoms with Crippen LogP contribution in [0.1, 0.15) is 107 Å². The van der Waals surface area contributed by atoms with Crippen molar-refractivity contribution in [2.75, 3.05) is 36.9 Å². The topological polar surface area (TPSA) is 192 Å². The van der Waals surface area contributed by atoms with Gasteiger partial charge in [-0.15, -0.1) is 0 Å². The Morgan fingerprint density at radius 3 is 2.34 bits per heavy atom. The Morgan fingerprint density at radius 2 is 1.62 bits per heavy atom. The second-order valence-corrected chi connectivity index (χ2v) is 15.3. The van der Waals surface area contributed by atoms with Gasteiger partial charge < -0.3 is 20.9 Å². The number of likely N-dealkylation sites (N-methyl/N-ethyl adjacent to an activating group) is 1. The molecule has 1 atom stereocenters. The van der Waals surface area contributed by atoms with Gasteiger partial charge in [0.2, 0.25) is 17.7 Å².